The van der Waals surface area contributed by atoms with Crippen molar-refractivity contribution < 1.29 is 23.1 Å². The van der Waals surface area contributed by atoms with Crippen molar-refractivity contribution in [3.05, 3.63) is 78.5 Å². The van der Waals surface area contributed by atoms with Gasteiger partial charge in [0.25, 0.3) is 15.9 Å². The third-order valence-electron chi connectivity index (χ3n) is 4.13. The topological polar surface area (TPSA) is 150 Å². The molecule has 1 aromatic heterocycles. The van der Waals surface area contributed by atoms with Crippen LogP contribution in [0.5, 0.6) is 0 Å². The maximum atomic E-state index is 12.5. The van der Waals surface area contributed by atoms with E-state index in [1.54, 1.807) is 42.5 Å². The number of carbonyl (C=O) groups is 2. The Morgan fingerprint density at radius 2 is 1.52 bits per heavy atom. The average Bonchev–Trinajstić information content (AvgIpc) is 2.78. The standard InChI is InChI=1S/C21H19N5O5S2/c27-19(28)13-23-20(29)14-4-6-15(7-5-14)24-21(32)25-16-8-10-17(11-9-16)33(30,31)26-18-3-1-2-12-22-18/h1-12H,13H2,(H,22,26)(H,23,29)(H,27,28)(H2,24,25,32). The van der Waals surface area contributed by atoms with Crippen molar-refractivity contribution in [1.29, 1.82) is 0 Å². The molecule has 1 amide bonds. The van der Waals surface area contributed by atoms with Crippen molar-refractivity contribution in [3.8, 4) is 0 Å². The van der Waals surface area contributed by atoms with Crippen molar-refractivity contribution in [2.75, 3.05) is 21.9 Å². The third-order valence-corrected chi connectivity index (χ3v) is 5.71. The number of hydrogen-bond donors (Lipinski definition) is 5. The Morgan fingerprint density at radius 1 is 0.909 bits per heavy atom. The summed E-state index contributed by atoms with van der Waals surface area (Å²) in [4.78, 5) is 26.4. The lowest BCUT2D eigenvalue weighted by Crippen LogP contribution is -2.29. The smallest absolute Gasteiger partial charge is 0.322 e. The second kappa shape index (κ2) is 10.5. The predicted molar refractivity (Wildman–Crippen MR) is 128 cm³/mol. The van der Waals surface area contributed by atoms with Gasteiger partial charge in [0.05, 0.1) is 4.90 Å². The molecule has 33 heavy (non-hydrogen) atoms. The van der Waals surface area contributed by atoms with Crippen LogP contribution in [0.15, 0.2) is 77.8 Å². The van der Waals surface area contributed by atoms with Crippen molar-refractivity contribution in [2.24, 2.45) is 0 Å². The molecular weight excluding hydrogens is 466 g/mol. The van der Waals surface area contributed by atoms with E-state index >= 15 is 0 Å². The lowest BCUT2D eigenvalue weighted by molar-refractivity contribution is -0.135. The first-order valence-electron chi connectivity index (χ1n) is 9.45. The number of aromatic nitrogens is 1. The summed E-state index contributed by atoms with van der Waals surface area (Å²) in [5.74, 6) is -1.42. The first-order chi connectivity index (χ1) is 15.7. The van der Waals surface area contributed by atoms with Gasteiger partial charge in [0.15, 0.2) is 5.11 Å². The number of nitrogens with one attached hydrogen (secondary N) is 4. The summed E-state index contributed by atoms with van der Waals surface area (Å²) in [6.07, 6.45) is 1.49. The summed E-state index contributed by atoms with van der Waals surface area (Å²) >= 11 is 5.26. The highest BCUT2D eigenvalue weighted by atomic mass is 32.2. The van der Waals surface area contributed by atoms with E-state index in [0.29, 0.717) is 16.9 Å². The van der Waals surface area contributed by atoms with Crippen LogP contribution in [0.3, 0.4) is 0 Å². The number of hydrogen-bond acceptors (Lipinski definition) is 6. The summed E-state index contributed by atoms with van der Waals surface area (Å²) in [5.41, 5.74) is 1.46. The fourth-order valence-corrected chi connectivity index (χ4v) is 3.84. The summed E-state index contributed by atoms with van der Waals surface area (Å²) in [7, 11) is -3.78. The summed E-state index contributed by atoms with van der Waals surface area (Å²) in [5, 5.41) is 17.0. The van der Waals surface area contributed by atoms with E-state index in [-0.39, 0.29) is 15.8 Å². The first kappa shape index (κ1) is 23.6. The monoisotopic (exact) mass is 485 g/mol. The molecule has 0 bridgehead atoms. The quantitative estimate of drug-likeness (QED) is 0.303. The molecule has 0 spiro atoms. The molecule has 10 nitrogen and oxygen atoms in total. The molecule has 2 aromatic carbocycles. The Bertz CT molecular complexity index is 1250. The summed E-state index contributed by atoms with van der Waals surface area (Å²) < 4.78 is 27.3. The van der Waals surface area contributed by atoms with E-state index in [4.69, 9.17) is 17.3 Å². The van der Waals surface area contributed by atoms with Crippen LogP contribution < -0.4 is 20.7 Å². The number of nitrogens with zero attached hydrogens (tertiary/aromatic N) is 1. The van der Waals surface area contributed by atoms with Gasteiger partial charge < -0.3 is 21.1 Å². The predicted octanol–water partition coefficient (Wildman–Crippen LogP) is 2.51. The number of sulfonamides is 1. The molecule has 0 unspecified atom stereocenters. The van der Waals surface area contributed by atoms with Crippen molar-refractivity contribution in [2.45, 2.75) is 4.90 Å². The number of pyridine rings is 1. The number of anilines is 3. The third kappa shape index (κ3) is 6.98. The van der Waals surface area contributed by atoms with Gasteiger partial charge in [-0.1, -0.05) is 6.07 Å². The molecular formula is C21H19N5O5S2. The van der Waals surface area contributed by atoms with E-state index in [1.165, 1.54) is 30.5 Å². The first-order valence-corrected chi connectivity index (χ1v) is 11.3. The van der Waals surface area contributed by atoms with Gasteiger partial charge in [-0.25, -0.2) is 13.4 Å². The number of aliphatic carboxylic acids is 1. The Kier molecular flexibility index (Phi) is 7.53. The highest BCUT2D eigenvalue weighted by molar-refractivity contribution is 7.92. The molecule has 0 radical (unpaired) electrons. The van der Waals surface area contributed by atoms with Gasteiger partial charge in [0.2, 0.25) is 0 Å². The van der Waals surface area contributed by atoms with Gasteiger partial charge in [-0.05, 0) is 72.9 Å². The minimum atomic E-state index is -3.78. The maximum absolute atomic E-state index is 12.5. The number of benzene rings is 2. The molecule has 3 aromatic rings. The van der Waals surface area contributed by atoms with Gasteiger partial charge in [0, 0.05) is 23.1 Å². The molecule has 0 saturated heterocycles. The lowest BCUT2D eigenvalue weighted by atomic mass is 10.2. The molecule has 0 atom stereocenters. The number of thiocarbonyl (C=S) groups is 1. The lowest BCUT2D eigenvalue weighted by Gasteiger charge is -2.12. The van der Waals surface area contributed by atoms with E-state index in [1.807, 2.05) is 0 Å². The van der Waals surface area contributed by atoms with Crippen LogP contribution in [-0.2, 0) is 14.8 Å². The van der Waals surface area contributed by atoms with E-state index in [0.717, 1.165) is 0 Å². The Balaban J connectivity index is 1.56. The van der Waals surface area contributed by atoms with Gasteiger partial charge >= 0.3 is 5.97 Å². The van der Waals surface area contributed by atoms with Crippen molar-refractivity contribution in [1.82, 2.24) is 10.3 Å². The number of carbonyl (C=O) groups excluding carboxylic acids is 1. The van der Waals surface area contributed by atoms with Gasteiger partial charge in [0.1, 0.15) is 12.4 Å². The van der Waals surface area contributed by atoms with Crippen LogP contribution in [0, 0.1) is 0 Å². The molecule has 0 aliphatic heterocycles. The highest BCUT2D eigenvalue weighted by Gasteiger charge is 2.14. The number of amides is 1. The van der Waals surface area contributed by atoms with Crippen LogP contribution in [0.25, 0.3) is 0 Å². The van der Waals surface area contributed by atoms with E-state index in [9.17, 15) is 18.0 Å². The molecule has 1 heterocycles. The fraction of sp³-hybridized carbons (Fsp3) is 0.0476. The second-order valence-corrected chi connectivity index (χ2v) is 8.67. The van der Waals surface area contributed by atoms with E-state index < -0.39 is 28.4 Å². The summed E-state index contributed by atoms with van der Waals surface area (Å²) in [6, 6.07) is 17.2. The molecule has 0 aliphatic carbocycles. The Labute approximate surface area is 195 Å². The highest BCUT2D eigenvalue weighted by Crippen LogP contribution is 2.18. The number of carboxylic acids is 1. The zero-order valence-electron chi connectivity index (χ0n) is 17.0. The number of rotatable bonds is 8. The molecule has 0 saturated carbocycles. The minimum absolute atomic E-state index is 0.0642. The average molecular weight is 486 g/mol. The van der Waals surface area contributed by atoms with Crippen LogP contribution in [0.2, 0.25) is 0 Å². The van der Waals surface area contributed by atoms with E-state index in [2.05, 4.69) is 25.7 Å². The van der Waals surface area contributed by atoms with Crippen LogP contribution >= 0.6 is 12.2 Å². The SMILES string of the molecule is O=C(O)CNC(=O)c1ccc(NC(=S)Nc2ccc(S(=O)(=O)Nc3ccccn3)cc2)cc1. The van der Waals surface area contributed by atoms with Crippen molar-refractivity contribution in [3.63, 3.8) is 0 Å². The van der Waals surface area contributed by atoms with Crippen LogP contribution in [0.1, 0.15) is 10.4 Å². The normalized spacial score (nSPS) is 10.7. The fourth-order valence-electron chi connectivity index (χ4n) is 2.59. The zero-order chi connectivity index (χ0) is 23.8. The molecule has 170 valence electrons. The summed E-state index contributed by atoms with van der Waals surface area (Å²) in [6.45, 7) is -0.466. The number of carboxylic acid groups (broad SMARTS) is 1. The minimum Gasteiger partial charge on any atom is -0.480 e. The zero-order valence-corrected chi connectivity index (χ0v) is 18.6. The van der Waals surface area contributed by atoms with Gasteiger partial charge in [-0.2, -0.15) is 0 Å². The maximum Gasteiger partial charge on any atom is 0.322 e. The molecule has 3 rings (SSSR count). The van der Waals surface area contributed by atoms with Gasteiger partial charge in [-0.15, -0.1) is 0 Å². The van der Waals surface area contributed by atoms with Crippen molar-refractivity contribution >= 4 is 56.4 Å². The molecule has 5 N–H and O–H groups in total. The molecule has 12 heteroatoms. The molecule has 0 fully saturated rings. The Hall–Kier alpha value is -4.03. The molecule has 0 aliphatic rings. The van der Waals surface area contributed by atoms with Crippen LogP contribution in [-0.4, -0.2) is 42.0 Å². The Morgan fingerprint density at radius 3 is 2.06 bits per heavy atom. The van der Waals surface area contributed by atoms with Gasteiger partial charge in [-0.3, -0.25) is 14.3 Å². The largest absolute Gasteiger partial charge is 0.480 e. The van der Waals surface area contributed by atoms with Crippen LogP contribution in [0.4, 0.5) is 17.2 Å². The second-order valence-electron chi connectivity index (χ2n) is 6.58.